The second kappa shape index (κ2) is 5.79. The molecule has 0 unspecified atom stereocenters. The first-order chi connectivity index (χ1) is 12.0. The van der Waals surface area contributed by atoms with Crippen LogP contribution in [-0.4, -0.2) is 34.0 Å². The Kier molecular flexibility index (Phi) is 3.58. The van der Waals surface area contributed by atoms with Crippen LogP contribution in [0.3, 0.4) is 0 Å². The Morgan fingerprint density at radius 3 is 2.60 bits per heavy atom. The van der Waals surface area contributed by atoms with Crippen molar-refractivity contribution < 1.29 is 8.42 Å². The summed E-state index contributed by atoms with van der Waals surface area (Å²) in [6, 6.07) is 11.0. The largest absolute Gasteiger partial charge is 0.312 e. The van der Waals surface area contributed by atoms with Gasteiger partial charge in [-0.3, -0.25) is 9.52 Å². The summed E-state index contributed by atoms with van der Waals surface area (Å²) in [7, 11) is -3.76. The predicted octanol–water partition coefficient (Wildman–Crippen LogP) is 1.57. The van der Waals surface area contributed by atoms with Gasteiger partial charge in [0.2, 0.25) is 5.82 Å². The minimum absolute atomic E-state index is 0.0960. The summed E-state index contributed by atoms with van der Waals surface area (Å²) >= 11 is 1.07. The molecule has 25 heavy (non-hydrogen) atoms. The molecule has 9 nitrogen and oxygen atoms in total. The third-order valence-electron chi connectivity index (χ3n) is 3.44. The number of aromatic amines is 2. The Morgan fingerprint density at radius 1 is 1.08 bits per heavy atom. The quantitative estimate of drug-likeness (QED) is 0.496. The molecule has 0 atom stereocenters. The Hall–Kier alpha value is -3.05. The van der Waals surface area contributed by atoms with Crippen molar-refractivity contribution in [2.45, 2.75) is 4.90 Å². The fourth-order valence-corrected chi connectivity index (χ4v) is 4.06. The number of benzene rings is 2. The lowest BCUT2D eigenvalue weighted by atomic mass is 10.2. The van der Waals surface area contributed by atoms with Gasteiger partial charge in [-0.2, -0.15) is 5.21 Å². The van der Waals surface area contributed by atoms with Gasteiger partial charge in [0.05, 0.1) is 20.8 Å². The van der Waals surface area contributed by atoms with Crippen LogP contribution >= 0.6 is 11.3 Å². The van der Waals surface area contributed by atoms with Gasteiger partial charge in [-0.25, -0.2) is 8.42 Å². The van der Waals surface area contributed by atoms with Crippen LogP contribution in [0, 0.1) is 0 Å². The fourth-order valence-electron chi connectivity index (χ4n) is 2.30. The first-order valence-corrected chi connectivity index (χ1v) is 9.31. The van der Waals surface area contributed by atoms with Crippen molar-refractivity contribution in [1.29, 1.82) is 0 Å². The van der Waals surface area contributed by atoms with Crippen LogP contribution < -0.4 is 9.60 Å². The molecule has 126 valence electrons. The molecular formula is C14H10N6O3S2. The predicted molar refractivity (Wildman–Crippen MR) is 92.9 cm³/mol. The Balaban J connectivity index is 1.63. The molecule has 2 heterocycles. The van der Waals surface area contributed by atoms with Gasteiger partial charge in [-0.05, 0) is 47.7 Å². The van der Waals surface area contributed by atoms with Gasteiger partial charge in [-0.15, -0.1) is 10.2 Å². The second-order valence-corrected chi connectivity index (χ2v) is 7.79. The molecule has 0 spiro atoms. The lowest BCUT2D eigenvalue weighted by Crippen LogP contribution is -2.12. The van der Waals surface area contributed by atoms with Crippen molar-refractivity contribution in [2.75, 3.05) is 4.72 Å². The van der Waals surface area contributed by atoms with Crippen molar-refractivity contribution >= 4 is 37.3 Å². The lowest BCUT2D eigenvalue weighted by Gasteiger charge is -2.08. The van der Waals surface area contributed by atoms with E-state index >= 15 is 0 Å². The van der Waals surface area contributed by atoms with Gasteiger partial charge in [-0.1, -0.05) is 11.3 Å². The molecular weight excluding hydrogens is 364 g/mol. The second-order valence-electron chi connectivity index (χ2n) is 5.09. The van der Waals surface area contributed by atoms with Crippen LogP contribution in [0.15, 0.2) is 52.2 Å². The third kappa shape index (κ3) is 3.02. The van der Waals surface area contributed by atoms with Crippen molar-refractivity contribution in [3.8, 4) is 11.4 Å². The maximum absolute atomic E-state index is 12.5. The average Bonchev–Trinajstić information content (AvgIpc) is 3.23. The Labute approximate surface area is 144 Å². The fraction of sp³-hybridized carbons (Fsp3) is 0. The van der Waals surface area contributed by atoms with Gasteiger partial charge >= 0.3 is 4.87 Å². The molecule has 2 aromatic heterocycles. The number of tetrazole rings is 1. The maximum atomic E-state index is 12.5. The zero-order valence-corrected chi connectivity index (χ0v) is 14.1. The summed E-state index contributed by atoms with van der Waals surface area (Å²) in [5, 5.41) is 13.5. The molecule has 4 aromatic rings. The van der Waals surface area contributed by atoms with E-state index in [-0.39, 0.29) is 9.77 Å². The molecule has 0 bridgehead atoms. The van der Waals surface area contributed by atoms with Gasteiger partial charge in [0.25, 0.3) is 10.0 Å². The number of fused-ring (bicyclic) bond motifs is 1. The summed E-state index contributed by atoms with van der Waals surface area (Å²) in [5.41, 5.74) is 1.59. The molecule has 2 aromatic carbocycles. The van der Waals surface area contributed by atoms with E-state index in [0.717, 1.165) is 16.0 Å². The highest BCUT2D eigenvalue weighted by atomic mass is 32.2. The standard InChI is InChI=1S/C14H10N6O3S2/c21-14-15-11-7-9(3-6-12(11)24-14)18-25(22,23)10-4-1-8(2-5-10)13-16-19-20-17-13/h1-7,18H,(H,15,21)(H,16,17,19,20). The van der Waals surface area contributed by atoms with E-state index in [2.05, 4.69) is 30.3 Å². The highest BCUT2D eigenvalue weighted by molar-refractivity contribution is 7.92. The number of rotatable bonds is 4. The van der Waals surface area contributed by atoms with Gasteiger partial charge in [0, 0.05) is 5.56 Å². The minimum Gasteiger partial charge on any atom is -0.312 e. The van der Waals surface area contributed by atoms with E-state index in [1.807, 2.05) is 0 Å². The van der Waals surface area contributed by atoms with Crippen LogP contribution in [0.2, 0.25) is 0 Å². The van der Waals surface area contributed by atoms with Gasteiger partial charge < -0.3 is 4.98 Å². The highest BCUT2D eigenvalue weighted by Crippen LogP contribution is 2.23. The van der Waals surface area contributed by atoms with Crippen molar-refractivity contribution in [3.05, 3.63) is 52.1 Å². The van der Waals surface area contributed by atoms with E-state index in [1.165, 1.54) is 12.1 Å². The molecule has 0 aliphatic rings. The van der Waals surface area contributed by atoms with Crippen LogP contribution in [-0.2, 0) is 10.0 Å². The topological polar surface area (TPSA) is 133 Å². The number of hydrogen-bond donors (Lipinski definition) is 3. The highest BCUT2D eigenvalue weighted by Gasteiger charge is 2.15. The summed E-state index contributed by atoms with van der Waals surface area (Å²) in [6.45, 7) is 0. The number of hydrogen-bond acceptors (Lipinski definition) is 7. The molecule has 0 aliphatic carbocycles. The average molecular weight is 374 g/mol. The number of nitrogens with one attached hydrogen (secondary N) is 3. The van der Waals surface area contributed by atoms with Crippen LogP contribution in [0.4, 0.5) is 5.69 Å². The summed E-state index contributed by atoms with van der Waals surface area (Å²) in [5.74, 6) is 0.378. The first kappa shape index (κ1) is 15.5. The van der Waals surface area contributed by atoms with E-state index in [0.29, 0.717) is 22.6 Å². The summed E-state index contributed by atoms with van der Waals surface area (Å²) < 4.78 is 28.3. The minimum atomic E-state index is -3.76. The number of nitrogens with zero attached hydrogens (tertiary/aromatic N) is 3. The zero-order valence-electron chi connectivity index (χ0n) is 12.4. The number of sulfonamides is 1. The zero-order chi connectivity index (χ0) is 17.4. The van der Waals surface area contributed by atoms with Crippen LogP contribution in [0.5, 0.6) is 0 Å². The molecule has 0 saturated carbocycles. The molecule has 0 aliphatic heterocycles. The molecule has 11 heteroatoms. The number of H-pyrrole nitrogens is 2. The smallest absolute Gasteiger partial charge is 0.305 e. The lowest BCUT2D eigenvalue weighted by molar-refractivity contribution is 0.601. The SMILES string of the molecule is O=c1[nH]c2cc(NS(=O)(=O)c3ccc(-c4nn[nH]n4)cc3)ccc2s1. The number of thiazole rings is 1. The van der Waals surface area contributed by atoms with E-state index in [1.54, 1.807) is 30.3 Å². The Morgan fingerprint density at radius 2 is 1.88 bits per heavy atom. The van der Waals surface area contributed by atoms with E-state index in [9.17, 15) is 13.2 Å². The van der Waals surface area contributed by atoms with Crippen LogP contribution in [0.25, 0.3) is 21.6 Å². The first-order valence-electron chi connectivity index (χ1n) is 7.01. The monoisotopic (exact) mass is 374 g/mol. The molecule has 0 radical (unpaired) electrons. The normalized spacial score (nSPS) is 11.7. The number of aromatic nitrogens is 5. The van der Waals surface area contributed by atoms with Crippen LogP contribution in [0.1, 0.15) is 0 Å². The van der Waals surface area contributed by atoms with Gasteiger partial charge in [0.15, 0.2) is 0 Å². The molecule has 0 fully saturated rings. The third-order valence-corrected chi connectivity index (χ3v) is 5.70. The summed E-state index contributed by atoms with van der Waals surface area (Å²) in [4.78, 5) is 13.9. The maximum Gasteiger partial charge on any atom is 0.305 e. The van der Waals surface area contributed by atoms with E-state index in [4.69, 9.17) is 0 Å². The van der Waals surface area contributed by atoms with Crippen molar-refractivity contribution in [2.24, 2.45) is 0 Å². The van der Waals surface area contributed by atoms with Crippen molar-refractivity contribution in [1.82, 2.24) is 25.6 Å². The molecule has 3 N–H and O–H groups in total. The molecule has 0 amide bonds. The molecule has 4 rings (SSSR count). The van der Waals surface area contributed by atoms with E-state index < -0.39 is 10.0 Å². The Bertz CT molecular complexity index is 1190. The number of anilines is 1. The molecule has 0 saturated heterocycles. The summed E-state index contributed by atoms with van der Waals surface area (Å²) in [6.07, 6.45) is 0. The van der Waals surface area contributed by atoms with Crippen molar-refractivity contribution in [3.63, 3.8) is 0 Å². The van der Waals surface area contributed by atoms with Gasteiger partial charge in [0.1, 0.15) is 0 Å².